The Balaban J connectivity index is 1.97. The molecule has 0 atom stereocenters. The van der Waals surface area contributed by atoms with Crippen LogP contribution in [-0.4, -0.2) is 21.1 Å². The van der Waals surface area contributed by atoms with Gasteiger partial charge in [0.1, 0.15) is 17.0 Å². The molecule has 0 spiro atoms. The van der Waals surface area contributed by atoms with Gasteiger partial charge in [-0.15, -0.1) is 11.3 Å². The van der Waals surface area contributed by atoms with E-state index in [2.05, 4.69) is 20.5 Å². The summed E-state index contributed by atoms with van der Waals surface area (Å²) in [5.74, 6) is 0.434. The Kier molecular flexibility index (Phi) is 3.36. The average molecular weight is 249 g/mol. The van der Waals surface area contributed by atoms with Crippen LogP contribution in [0.3, 0.4) is 0 Å². The molecule has 86 valence electrons. The molecule has 17 heavy (non-hydrogen) atoms. The van der Waals surface area contributed by atoms with E-state index < -0.39 is 4.92 Å². The molecule has 7 nitrogen and oxygen atoms in total. The van der Waals surface area contributed by atoms with Crippen molar-refractivity contribution in [1.82, 2.24) is 9.97 Å². The predicted octanol–water partition coefficient (Wildman–Crippen LogP) is 1.89. The second kappa shape index (κ2) is 5.12. The lowest BCUT2D eigenvalue weighted by Crippen LogP contribution is -1.94. The van der Waals surface area contributed by atoms with Crippen molar-refractivity contribution in [3.8, 4) is 0 Å². The number of aromatic nitrogens is 2. The largest absolute Gasteiger partial charge is 0.287 e. The number of hydrogen-bond donors (Lipinski definition) is 1. The third kappa shape index (κ3) is 3.05. The number of nitrogens with one attached hydrogen (secondary N) is 1. The smallest absolute Gasteiger partial charge is 0.261 e. The van der Waals surface area contributed by atoms with E-state index in [-0.39, 0.29) is 5.69 Å². The summed E-state index contributed by atoms with van der Waals surface area (Å²) in [6, 6.07) is 2.84. The molecule has 0 amide bonds. The average Bonchev–Trinajstić information content (AvgIpc) is 2.83. The van der Waals surface area contributed by atoms with Crippen LogP contribution in [0.4, 0.5) is 11.5 Å². The molecule has 0 saturated carbocycles. The van der Waals surface area contributed by atoms with Gasteiger partial charge in [0.2, 0.25) is 0 Å². The first-order valence-corrected chi connectivity index (χ1v) is 5.43. The molecule has 0 fully saturated rings. The molecule has 0 aliphatic rings. The van der Waals surface area contributed by atoms with Gasteiger partial charge < -0.3 is 0 Å². The molecular weight excluding hydrogens is 242 g/mol. The Morgan fingerprint density at radius 2 is 2.35 bits per heavy atom. The SMILES string of the molecule is O=[N+]([O-])c1ccc(NN=Cc2nccs2)nc1. The number of thiazole rings is 1. The fourth-order valence-corrected chi connectivity index (χ4v) is 1.51. The highest BCUT2D eigenvalue weighted by Crippen LogP contribution is 2.11. The van der Waals surface area contributed by atoms with Crippen LogP contribution in [0.15, 0.2) is 35.0 Å². The number of pyridine rings is 1. The summed E-state index contributed by atoms with van der Waals surface area (Å²) in [4.78, 5) is 17.7. The molecule has 0 aromatic carbocycles. The van der Waals surface area contributed by atoms with Gasteiger partial charge in [0, 0.05) is 17.6 Å². The van der Waals surface area contributed by atoms with Crippen LogP contribution in [0.1, 0.15) is 5.01 Å². The van der Waals surface area contributed by atoms with E-state index in [4.69, 9.17) is 0 Å². The number of rotatable bonds is 4. The van der Waals surface area contributed by atoms with Gasteiger partial charge in [-0.1, -0.05) is 0 Å². The number of hydrazone groups is 1. The lowest BCUT2D eigenvalue weighted by molar-refractivity contribution is -0.385. The van der Waals surface area contributed by atoms with Crippen LogP contribution in [0, 0.1) is 10.1 Å². The fraction of sp³-hybridized carbons (Fsp3) is 0. The van der Waals surface area contributed by atoms with E-state index in [1.807, 2.05) is 5.38 Å². The molecule has 2 heterocycles. The number of anilines is 1. The molecule has 0 saturated heterocycles. The first-order chi connectivity index (χ1) is 8.25. The lowest BCUT2D eigenvalue weighted by Gasteiger charge is -1.97. The van der Waals surface area contributed by atoms with E-state index in [0.717, 1.165) is 5.01 Å². The Morgan fingerprint density at radius 1 is 1.47 bits per heavy atom. The number of nitrogens with zero attached hydrogens (tertiary/aromatic N) is 4. The first kappa shape index (κ1) is 11.1. The molecule has 2 aromatic heterocycles. The van der Waals surface area contributed by atoms with Gasteiger partial charge in [-0.3, -0.25) is 15.5 Å². The minimum absolute atomic E-state index is 0.0561. The Hall–Kier alpha value is -2.35. The van der Waals surface area contributed by atoms with Crippen LogP contribution >= 0.6 is 11.3 Å². The molecule has 0 bridgehead atoms. The third-order valence-electron chi connectivity index (χ3n) is 1.76. The molecular formula is C9H7N5O2S. The summed E-state index contributed by atoms with van der Waals surface area (Å²) in [5.41, 5.74) is 2.60. The normalized spacial score (nSPS) is 10.6. The maximum Gasteiger partial charge on any atom is 0.287 e. The first-order valence-electron chi connectivity index (χ1n) is 4.55. The van der Waals surface area contributed by atoms with Gasteiger partial charge in [0.05, 0.1) is 11.1 Å². The van der Waals surface area contributed by atoms with Crippen molar-refractivity contribution in [2.75, 3.05) is 5.43 Å². The molecule has 0 aliphatic carbocycles. The zero-order chi connectivity index (χ0) is 12.1. The number of hydrogen-bond acceptors (Lipinski definition) is 7. The van der Waals surface area contributed by atoms with Crippen molar-refractivity contribution < 1.29 is 4.92 Å². The highest BCUT2D eigenvalue weighted by atomic mass is 32.1. The maximum absolute atomic E-state index is 10.4. The molecule has 0 radical (unpaired) electrons. The summed E-state index contributed by atoms with van der Waals surface area (Å²) in [7, 11) is 0. The van der Waals surface area contributed by atoms with Crippen molar-refractivity contribution >= 4 is 29.1 Å². The van der Waals surface area contributed by atoms with Gasteiger partial charge in [-0.25, -0.2) is 9.97 Å². The molecule has 0 aliphatic heterocycles. The van der Waals surface area contributed by atoms with Gasteiger partial charge >= 0.3 is 0 Å². The summed E-state index contributed by atoms with van der Waals surface area (Å²) in [6.45, 7) is 0. The third-order valence-corrected chi connectivity index (χ3v) is 2.47. The monoisotopic (exact) mass is 249 g/mol. The van der Waals surface area contributed by atoms with Crippen molar-refractivity contribution in [2.45, 2.75) is 0 Å². The Labute approximate surface area is 100 Å². The maximum atomic E-state index is 10.4. The zero-order valence-corrected chi connectivity index (χ0v) is 9.29. The Bertz CT molecular complexity index is 523. The minimum Gasteiger partial charge on any atom is -0.261 e. The zero-order valence-electron chi connectivity index (χ0n) is 8.48. The molecule has 1 N–H and O–H groups in total. The van der Waals surface area contributed by atoms with Crippen LogP contribution in [0.25, 0.3) is 0 Å². The van der Waals surface area contributed by atoms with E-state index in [0.29, 0.717) is 5.82 Å². The van der Waals surface area contributed by atoms with Gasteiger partial charge in [0.15, 0.2) is 0 Å². The van der Waals surface area contributed by atoms with Crippen LogP contribution in [0.5, 0.6) is 0 Å². The molecule has 2 aromatic rings. The molecule has 2 rings (SSSR count). The Morgan fingerprint density at radius 3 is 2.94 bits per heavy atom. The predicted molar refractivity (Wildman–Crippen MR) is 64.2 cm³/mol. The quantitative estimate of drug-likeness (QED) is 0.507. The van der Waals surface area contributed by atoms with E-state index in [1.54, 1.807) is 12.4 Å². The minimum atomic E-state index is -0.504. The van der Waals surface area contributed by atoms with Crippen LogP contribution in [-0.2, 0) is 0 Å². The summed E-state index contributed by atoms with van der Waals surface area (Å²) < 4.78 is 0. The van der Waals surface area contributed by atoms with Gasteiger partial charge in [-0.2, -0.15) is 5.10 Å². The molecule has 8 heteroatoms. The van der Waals surface area contributed by atoms with E-state index >= 15 is 0 Å². The van der Waals surface area contributed by atoms with E-state index in [9.17, 15) is 10.1 Å². The highest BCUT2D eigenvalue weighted by Gasteiger charge is 2.04. The summed E-state index contributed by atoms with van der Waals surface area (Å²) in [6.07, 6.45) is 4.39. The summed E-state index contributed by atoms with van der Waals surface area (Å²) >= 11 is 1.45. The standard InChI is InChI=1S/C9H7N5O2S/c15-14(16)7-1-2-8(11-5-7)13-12-6-9-10-3-4-17-9/h1-6H,(H,11,13). The topological polar surface area (TPSA) is 93.3 Å². The van der Waals surface area contributed by atoms with Crippen molar-refractivity contribution in [2.24, 2.45) is 5.10 Å². The van der Waals surface area contributed by atoms with Gasteiger partial charge in [0.25, 0.3) is 5.69 Å². The highest BCUT2D eigenvalue weighted by molar-refractivity contribution is 7.11. The van der Waals surface area contributed by atoms with Crippen molar-refractivity contribution in [3.63, 3.8) is 0 Å². The molecule has 0 unspecified atom stereocenters. The second-order valence-electron chi connectivity index (χ2n) is 2.90. The second-order valence-corrected chi connectivity index (χ2v) is 3.83. The van der Waals surface area contributed by atoms with E-state index in [1.165, 1.54) is 29.7 Å². The lowest BCUT2D eigenvalue weighted by atomic mass is 10.4. The fourth-order valence-electron chi connectivity index (χ4n) is 1.01. The van der Waals surface area contributed by atoms with Gasteiger partial charge in [-0.05, 0) is 6.07 Å². The summed E-state index contributed by atoms with van der Waals surface area (Å²) in [5, 5.41) is 16.9. The number of nitro groups is 1. The van der Waals surface area contributed by atoms with Crippen molar-refractivity contribution in [3.05, 3.63) is 45.0 Å². The van der Waals surface area contributed by atoms with Crippen molar-refractivity contribution in [1.29, 1.82) is 0 Å². The van der Waals surface area contributed by atoms with Crippen LogP contribution in [0.2, 0.25) is 0 Å². The van der Waals surface area contributed by atoms with Crippen LogP contribution < -0.4 is 5.43 Å².